The summed E-state index contributed by atoms with van der Waals surface area (Å²) >= 11 is 0. The lowest BCUT2D eigenvalue weighted by molar-refractivity contribution is -0.385. The second kappa shape index (κ2) is 11.6. The van der Waals surface area contributed by atoms with Crippen LogP contribution >= 0.6 is 7.75 Å². The lowest BCUT2D eigenvalue weighted by Gasteiger charge is -2.24. The molecule has 2 atom stereocenters. The van der Waals surface area contributed by atoms with Gasteiger partial charge in [-0.2, -0.15) is 5.09 Å². The Morgan fingerprint density at radius 2 is 1.68 bits per heavy atom. The average molecular weight is 531 g/mol. The maximum Gasteiger partial charge on any atom is 0.512 e. The van der Waals surface area contributed by atoms with E-state index in [0.717, 1.165) is 17.0 Å². The Morgan fingerprint density at radius 3 is 2.42 bits per heavy atom. The highest BCUT2D eigenvalue weighted by molar-refractivity contribution is 7.52. The van der Waals surface area contributed by atoms with Gasteiger partial charge in [0, 0.05) is 11.5 Å². The molecule has 38 heavy (non-hydrogen) atoms. The van der Waals surface area contributed by atoms with Gasteiger partial charge in [-0.3, -0.25) is 14.9 Å². The van der Waals surface area contributed by atoms with Gasteiger partial charge in [0.05, 0.1) is 11.5 Å². The first-order chi connectivity index (χ1) is 18.3. The molecule has 0 aliphatic rings. The summed E-state index contributed by atoms with van der Waals surface area (Å²) in [7, 11) is -4.58. The van der Waals surface area contributed by atoms with E-state index in [2.05, 4.69) is 9.93 Å². The number of hydrogen-bond donors (Lipinski definition) is 1. The molecule has 0 saturated carbocycles. The summed E-state index contributed by atoms with van der Waals surface area (Å²) < 4.78 is 30.9. The molecule has 4 aromatic carbocycles. The third-order valence-electron chi connectivity index (χ3n) is 5.40. The van der Waals surface area contributed by atoms with Crippen LogP contribution in [0.3, 0.4) is 0 Å². The monoisotopic (exact) mass is 531 g/mol. The van der Waals surface area contributed by atoms with Gasteiger partial charge < -0.3 is 13.8 Å². The van der Waals surface area contributed by atoms with Crippen molar-refractivity contribution in [2.24, 2.45) is 0 Å². The first-order valence-corrected chi connectivity index (χ1v) is 12.9. The van der Waals surface area contributed by atoms with Gasteiger partial charge in [0.2, 0.25) is 11.4 Å². The zero-order chi connectivity index (χ0) is 27.1. The first-order valence-electron chi connectivity index (χ1n) is 11.4. The van der Waals surface area contributed by atoms with Gasteiger partial charge in [0.25, 0.3) is 0 Å². The van der Waals surface area contributed by atoms with Gasteiger partial charge >= 0.3 is 19.4 Å². The zero-order valence-electron chi connectivity index (χ0n) is 20.1. The molecule has 0 heterocycles. The highest BCUT2D eigenvalue weighted by Gasteiger charge is 2.37. The summed E-state index contributed by atoms with van der Waals surface area (Å²) in [5.74, 6) is -1.16. The number of nitro groups is 1. The van der Waals surface area contributed by atoms with Crippen molar-refractivity contribution in [1.82, 2.24) is 5.09 Å². The van der Waals surface area contributed by atoms with E-state index < -0.39 is 36.1 Å². The predicted octanol–water partition coefficient (Wildman–Crippen LogP) is 6.59. The Balaban J connectivity index is 1.68. The van der Waals surface area contributed by atoms with E-state index in [-0.39, 0.29) is 18.0 Å². The quantitative estimate of drug-likeness (QED) is 0.0800. The highest BCUT2D eigenvalue weighted by Crippen LogP contribution is 2.51. The van der Waals surface area contributed by atoms with E-state index in [9.17, 15) is 19.5 Å². The molecule has 0 spiro atoms. The van der Waals surface area contributed by atoms with E-state index in [4.69, 9.17) is 20.4 Å². The summed E-state index contributed by atoms with van der Waals surface area (Å²) in [5.41, 5.74) is -0.0792. The number of nitrogens with one attached hydrogen (secondary N) is 1. The normalized spacial score (nSPS) is 13.1. The molecule has 4 aromatic rings. The third-order valence-corrected chi connectivity index (χ3v) is 6.96. The Morgan fingerprint density at radius 1 is 1.00 bits per heavy atom. The Kier molecular flexibility index (Phi) is 8.02. The van der Waals surface area contributed by atoms with Gasteiger partial charge in [-0.15, -0.1) is 0 Å². The van der Waals surface area contributed by atoms with E-state index >= 15 is 0 Å². The maximum absolute atomic E-state index is 14.1. The molecule has 10 nitrogen and oxygen atoms in total. The number of carbonyl (C=O) groups is 1. The van der Waals surface area contributed by atoms with Gasteiger partial charge in [-0.05, 0) is 23.9 Å². The molecule has 0 amide bonds. The lowest BCUT2D eigenvalue weighted by atomic mass is 10.1. The molecule has 11 heteroatoms. The van der Waals surface area contributed by atoms with Crippen LogP contribution in [0.25, 0.3) is 15.6 Å². The van der Waals surface area contributed by atoms with Crippen LogP contribution in [0.5, 0.6) is 11.5 Å². The van der Waals surface area contributed by atoms with E-state index in [1.165, 1.54) is 19.1 Å². The van der Waals surface area contributed by atoms with Gasteiger partial charge in [-0.1, -0.05) is 78.9 Å². The molecule has 0 saturated heterocycles. The van der Waals surface area contributed by atoms with Crippen molar-refractivity contribution in [3.63, 3.8) is 0 Å². The second-order valence-corrected chi connectivity index (χ2v) is 9.71. The second-order valence-electron chi connectivity index (χ2n) is 8.10. The number of benzene rings is 4. The smallest absolute Gasteiger partial charge is 0.460 e. The number of para-hydroxylation sites is 1. The topological polar surface area (TPSA) is 121 Å². The SMILES string of the molecule is [C-]#[N+]c1cccc([N+](=O)[O-])c1OP(=O)(N[C@@H](C)C(=O)OCc1ccccc1)Oc1cccc2ccccc12. The van der Waals surface area contributed by atoms with Crippen molar-refractivity contribution in [1.29, 1.82) is 0 Å². The molecule has 1 N–H and O–H groups in total. The number of nitro benzene ring substituents is 1. The lowest BCUT2D eigenvalue weighted by Crippen LogP contribution is -2.35. The minimum absolute atomic E-state index is 0.0208. The predicted molar refractivity (Wildman–Crippen MR) is 141 cm³/mol. The molecule has 0 bridgehead atoms. The number of esters is 1. The molecule has 0 aliphatic carbocycles. The van der Waals surface area contributed by atoms with Crippen molar-refractivity contribution < 1.29 is 28.1 Å². The van der Waals surface area contributed by atoms with Crippen LogP contribution in [0.2, 0.25) is 0 Å². The van der Waals surface area contributed by atoms with Crippen molar-refractivity contribution >= 4 is 35.9 Å². The molecular weight excluding hydrogens is 509 g/mol. The highest BCUT2D eigenvalue weighted by atomic mass is 31.2. The van der Waals surface area contributed by atoms with Crippen molar-refractivity contribution in [2.75, 3.05) is 0 Å². The number of fused-ring (bicyclic) bond motifs is 1. The van der Waals surface area contributed by atoms with Crippen LogP contribution in [-0.2, 0) is 20.7 Å². The Labute approximate surface area is 218 Å². The molecule has 0 aliphatic heterocycles. The van der Waals surface area contributed by atoms with Crippen molar-refractivity contribution in [3.8, 4) is 11.5 Å². The number of ether oxygens (including phenoxy) is 1. The minimum Gasteiger partial charge on any atom is -0.460 e. The fraction of sp³-hybridized carbons (Fsp3) is 0.111. The van der Waals surface area contributed by atoms with Crippen LogP contribution in [0.4, 0.5) is 11.4 Å². The molecule has 0 fully saturated rings. The van der Waals surface area contributed by atoms with E-state index in [0.29, 0.717) is 5.39 Å². The maximum atomic E-state index is 14.1. The van der Waals surface area contributed by atoms with Gasteiger partial charge in [0.15, 0.2) is 0 Å². The number of rotatable bonds is 10. The number of carbonyl (C=O) groups excluding carboxylic acids is 1. The number of hydrogen-bond acceptors (Lipinski definition) is 7. The van der Waals surface area contributed by atoms with Crippen LogP contribution in [0, 0.1) is 16.7 Å². The summed E-state index contributed by atoms with van der Waals surface area (Å²) in [5, 5.41) is 15.5. The zero-order valence-corrected chi connectivity index (χ0v) is 21.0. The molecule has 1 unspecified atom stereocenters. The minimum atomic E-state index is -4.58. The Bertz CT molecular complexity index is 1560. The number of nitrogens with zero attached hydrogens (tertiary/aromatic N) is 2. The van der Waals surface area contributed by atoms with E-state index in [1.807, 2.05) is 24.3 Å². The standard InChI is InChI=1S/C27H22N3O7P/c1-19(27(31)35-18-20-10-4-3-5-11-20)29-38(34,36-25-17-8-13-21-12-6-7-14-22(21)25)37-26-23(28-2)15-9-16-24(26)30(32)33/h3-17,19H,18H2,1H3,(H,29,34)/t19-,38?/m0/s1. The van der Waals surface area contributed by atoms with Crippen molar-refractivity contribution in [2.45, 2.75) is 19.6 Å². The molecular formula is C27H22N3O7P. The fourth-order valence-corrected chi connectivity index (χ4v) is 5.15. The van der Waals surface area contributed by atoms with Crippen LogP contribution in [0.1, 0.15) is 12.5 Å². The largest absolute Gasteiger partial charge is 0.512 e. The van der Waals surface area contributed by atoms with Crippen molar-refractivity contribution in [3.05, 3.63) is 118 Å². The Hall–Kier alpha value is -4.71. The van der Waals surface area contributed by atoms with Crippen LogP contribution < -0.4 is 14.1 Å². The van der Waals surface area contributed by atoms with Gasteiger partial charge in [0.1, 0.15) is 18.4 Å². The third kappa shape index (κ3) is 6.16. The van der Waals surface area contributed by atoms with Crippen LogP contribution in [-0.4, -0.2) is 16.9 Å². The molecule has 192 valence electrons. The van der Waals surface area contributed by atoms with Crippen LogP contribution in [0.15, 0.2) is 91.0 Å². The first kappa shape index (κ1) is 26.4. The van der Waals surface area contributed by atoms with Gasteiger partial charge in [-0.25, -0.2) is 9.41 Å². The molecule has 0 radical (unpaired) electrons. The summed E-state index contributed by atoms with van der Waals surface area (Å²) in [6.07, 6.45) is 0. The molecule has 4 rings (SSSR count). The summed E-state index contributed by atoms with van der Waals surface area (Å²) in [4.78, 5) is 26.9. The van der Waals surface area contributed by atoms with E-state index in [1.54, 1.807) is 48.5 Å². The average Bonchev–Trinajstić information content (AvgIpc) is 2.92. The molecule has 0 aromatic heterocycles. The summed E-state index contributed by atoms with van der Waals surface area (Å²) in [6.45, 7) is 8.78. The summed E-state index contributed by atoms with van der Waals surface area (Å²) in [6, 6.07) is 23.7. The fourth-order valence-electron chi connectivity index (χ4n) is 3.58.